The van der Waals surface area contributed by atoms with Crippen LogP contribution in [0.1, 0.15) is 25.7 Å². The highest BCUT2D eigenvalue weighted by molar-refractivity contribution is 7.86. The van der Waals surface area contributed by atoms with Crippen LogP contribution in [0.2, 0.25) is 0 Å². The standard InChI is InChI=1S/C13H26ClN3O2S/c1-15(2)11-13-6-4-8-17(13)20(18,19)16-7-3-5-12(9-14)10-16/h12-13H,3-11H2,1-2H3. The van der Waals surface area contributed by atoms with Crippen molar-refractivity contribution in [3.05, 3.63) is 0 Å². The molecule has 0 aromatic heterocycles. The Hall–Kier alpha value is 0.120. The van der Waals surface area contributed by atoms with Crippen LogP contribution in [-0.2, 0) is 10.2 Å². The maximum absolute atomic E-state index is 12.8. The van der Waals surface area contributed by atoms with E-state index < -0.39 is 10.2 Å². The van der Waals surface area contributed by atoms with Crippen molar-refractivity contribution in [3.63, 3.8) is 0 Å². The van der Waals surface area contributed by atoms with Crippen molar-refractivity contribution in [3.8, 4) is 0 Å². The van der Waals surface area contributed by atoms with E-state index in [1.54, 1.807) is 8.61 Å². The topological polar surface area (TPSA) is 43.9 Å². The van der Waals surface area contributed by atoms with Gasteiger partial charge in [0.05, 0.1) is 0 Å². The van der Waals surface area contributed by atoms with Crippen LogP contribution in [0, 0.1) is 5.92 Å². The molecule has 2 heterocycles. The molecule has 0 amide bonds. The van der Waals surface area contributed by atoms with E-state index in [0.29, 0.717) is 31.4 Å². The number of nitrogens with zero attached hydrogens (tertiary/aromatic N) is 3. The van der Waals surface area contributed by atoms with Crippen LogP contribution >= 0.6 is 11.6 Å². The fourth-order valence-corrected chi connectivity index (χ4v) is 5.44. The molecule has 2 unspecified atom stereocenters. The first-order valence-corrected chi connectivity index (χ1v) is 9.36. The molecule has 0 aromatic rings. The minimum absolute atomic E-state index is 0.117. The summed E-state index contributed by atoms with van der Waals surface area (Å²) in [6, 6.07) is 0.117. The van der Waals surface area contributed by atoms with Gasteiger partial charge < -0.3 is 4.90 Å². The number of piperidine rings is 1. The van der Waals surface area contributed by atoms with Gasteiger partial charge in [-0.15, -0.1) is 11.6 Å². The molecule has 0 bridgehead atoms. The van der Waals surface area contributed by atoms with E-state index in [0.717, 1.165) is 32.2 Å². The van der Waals surface area contributed by atoms with Crippen molar-refractivity contribution in [2.45, 2.75) is 31.7 Å². The molecule has 2 fully saturated rings. The minimum atomic E-state index is -3.32. The first kappa shape index (κ1) is 16.5. The molecule has 2 aliphatic rings. The average Bonchev–Trinajstić information content (AvgIpc) is 2.86. The van der Waals surface area contributed by atoms with Crippen LogP contribution in [0.25, 0.3) is 0 Å². The van der Waals surface area contributed by atoms with Crippen molar-refractivity contribution < 1.29 is 8.42 Å². The lowest BCUT2D eigenvalue weighted by molar-refractivity contribution is 0.240. The zero-order chi connectivity index (χ0) is 14.8. The van der Waals surface area contributed by atoms with Crippen LogP contribution in [0.15, 0.2) is 0 Å². The van der Waals surface area contributed by atoms with Crippen LogP contribution < -0.4 is 0 Å². The van der Waals surface area contributed by atoms with E-state index in [1.807, 2.05) is 14.1 Å². The number of alkyl halides is 1. The molecule has 2 saturated heterocycles. The summed E-state index contributed by atoms with van der Waals surface area (Å²) in [7, 11) is 0.669. The molecule has 2 rings (SSSR count). The van der Waals surface area contributed by atoms with Gasteiger partial charge in [-0.1, -0.05) is 0 Å². The van der Waals surface area contributed by atoms with Gasteiger partial charge in [-0.05, 0) is 45.7 Å². The molecule has 0 spiro atoms. The lowest BCUT2D eigenvalue weighted by Crippen LogP contribution is -2.51. The molecule has 20 heavy (non-hydrogen) atoms. The summed E-state index contributed by atoms with van der Waals surface area (Å²) in [4.78, 5) is 2.07. The Morgan fingerprint density at radius 1 is 1.20 bits per heavy atom. The molecular formula is C13H26ClN3O2S. The second kappa shape index (κ2) is 6.92. The van der Waals surface area contributed by atoms with Crippen LogP contribution in [0.5, 0.6) is 0 Å². The second-order valence-corrected chi connectivity index (χ2v) is 8.39. The summed E-state index contributed by atoms with van der Waals surface area (Å²) in [5.41, 5.74) is 0. The van der Waals surface area contributed by atoms with Crippen LogP contribution in [0.3, 0.4) is 0 Å². The van der Waals surface area contributed by atoms with Gasteiger partial charge in [-0.25, -0.2) is 0 Å². The summed E-state index contributed by atoms with van der Waals surface area (Å²) in [5.74, 6) is 0.850. The lowest BCUT2D eigenvalue weighted by atomic mass is 10.0. The molecule has 0 radical (unpaired) electrons. The van der Waals surface area contributed by atoms with Crippen molar-refractivity contribution in [2.24, 2.45) is 5.92 Å². The summed E-state index contributed by atoms with van der Waals surface area (Å²) >= 11 is 5.91. The second-order valence-electron chi connectivity index (χ2n) is 6.20. The van der Waals surface area contributed by atoms with E-state index >= 15 is 0 Å². The highest BCUT2D eigenvalue weighted by Crippen LogP contribution is 2.27. The predicted octanol–water partition coefficient (Wildman–Crippen LogP) is 1.21. The molecule has 0 aliphatic carbocycles. The SMILES string of the molecule is CN(C)CC1CCCN1S(=O)(=O)N1CCCC(CCl)C1. The van der Waals surface area contributed by atoms with Crippen molar-refractivity contribution in [2.75, 3.05) is 46.2 Å². The molecule has 5 nitrogen and oxygen atoms in total. The Balaban J connectivity index is 2.08. The van der Waals surface area contributed by atoms with Gasteiger partial charge >= 0.3 is 0 Å². The Morgan fingerprint density at radius 2 is 1.90 bits per heavy atom. The molecule has 0 aromatic carbocycles. The Kier molecular flexibility index (Phi) is 5.71. The van der Waals surface area contributed by atoms with Gasteiger partial charge in [-0.3, -0.25) is 0 Å². The number of hydrogen-bond acceptors (Lipinski definition) is 3. The zero-order valence-electron chi connectivity index (χ0n) is 12.5. The van der Waals surface area contributed by atoms with Gasteiger partial charge in [0.1, 0.15) is 0 Å². The smallest absolute Gasteiger partial charge is 0.282 e. The van der Waals surface area contributed by atoms with Crippen molar-refractivity contribution in [1.82, 2.24) is 13.5 Å². The first-order chi connectivity index (χ1) is 9.45. The van der Waals surface area contributed by atoms with Gasteiger partial charge in [0, 0.05) is 38.1 Å². The third-order valence-electron chi connectivity index (χ3n) is 4.22. The fraction of sp³-hybridized carbons (Fsp3) is 1.00. The summed E-state index contributed by atoms with van der Waals surface area (Å²) in [6.07, 6.45) is 3.88. The van der Waals surface area contributed by atoms with E-state index in [-0.39, 0.29) is 6.04 Å². The summed E-state index contributed by atoms with van der Waals surface area (Å²) in [6.45, 7) is 2.67. The maximum Gasteiger partial charge on any atom is 0.282 e. The Morgan fingerprint density at radius 3 is 2.55 bits per heavy atom. The monoisotopic (exact) mass is 323 g/mol. The summed E-state index contributed by atoms with van der Waals surface area (Å²) in [5, 5.41) is 0. The number of hydrogen-bond donors (Lipinski definition) is 0. The molecule has 2 atom stereocenters. The normalized spacial score (nSPS) is 30.2. The highest BCUT2D eigenvalue weighted by atomic mass is 35.5. The molecular weight excluding hydrogens is 298 g/mol. The Bertz CT molecular complexity index is 416. The average molecular weight is 324 g/mol. The van der Waals surface area contributed by atoms with Gasteiger partial charge in [0.15, 0.2) is 0 Å². The maximum atomic E-state index is 12.8. The van der Waals surface area contributed by atoms with Crippen LogP contribution in [-0.4, -0.2) is 74.1 Å². The first-order valence-electron chi connectivity index (χ1n) is 7.42. The number of likely N-dealkylation sites (N-methyl/N-ethyl adjacent to an activating group) is 1. The quantitative estimate of drug-likeness (QED) is 0.714. The minimum Gasteiger partial charge on any atom is -0.308 e. The van der Waals surface area contributed by atoms with E-state index in [2.05, 4.69) is 4.90 Å². The number of rotatable bonds is 5. The van der Waals surface area contributed by atoms with E-state index in [4.69, 9.17) is 11.6 Å². The molecule has 2 aliphatic heterocycles. The van der Waals surface area contributed by atoms with Gasteiger partial charge in [-0.2, -0.15) is 17.0 Å². The fourth-order valence-electron chi connectivity index (χ4n) is 3.23. The number of halogens is 1. The van der Waals surface area contributed by atoms with E-state index in [9.17, 15) is 8.42 Å². The Labute approximate surface area is 128 Å². The largest absolute Gasteiger partial charge is 0.308 e. The molecule has 0 N–H and O–H groups in total. The lowest BCUT2D eigenvalue weighted by Gasteiger charge is -2.36. The zero-order valence-corrected chi connectivity index (χ0v) is 14.0. The van der Waals surface area contributed by atoms with Crippen molar-refractivity contribution in [1.29, 1.82) is 0 Å². The highest BCUT2D eigenvalue weighted by Gasteiger charge is 2.39. The molecule has 7 heteroatoms. The van der Waals surface area contributed by atoms with Crippen LogP contribution in [0.4, 0.5) is 0 Å². The molecule has 0 saturated carbocycles. The van der Waals surface area contributed by atoms with Gasteiger partial charge in [0.2, 0.25) is 0 Å². The third kappa shape index (κ3) is 3.65. The van der Waals surface area contributed by atoms with Crippen molar-refractivity contribution >= 4 is 21.8 Å². The third-order valence-corrected chi connectivity index (χ3v) is 6.72. The predicted molar refractivity (Wildman–Crippen MR) is 82.2 cm³/mol. The van der Waals surface area contributed by atoms with E-state index in [1.165, 1.54) is 0 Å². The van der Waals surface area contributed by atoms with Gasteiger partial charge in [0.25, 0.3) is 10.2 Å². The summed E-state index contributed by atoms with van der Waals surface area (Å²) < 4.78 is 29.0. The molecule has 118 valence electrons.